The molecule has 0 radical (unpaired) electrons. The van der Waals surface area contributed by atoms with Crippen LogP contribution in [0.4, 0.5) is 17.6 Å². The minimum Gasteiger partial charge on any atom is -0.487 e. The molecule has 8 nitrogen and oxygen atoms in total. The summed E-state index contributed by atoms with van der Waals surface area (Å²) >= 11 is 0. The molecule has 12 rings (SSSR count). The third-order valence-electron chi connectivity index (χ3n) is 11.1. The highest BCUT2D eigenvalue weighted by molar-refractivity contribution is 5.38. The van der Waals surface area contributed by atoms with Crippen LogP contribution in [-0.2, 0) is 44.6 Å². The number of halogens is 4. The third kappa shape index (κ3) is 9.42. The van der Waals surface area contributed by atoms with Crippen molar-refractivity contribution in [1.29, 1.82) is 0 Å². The summed E-state index contributed by atoms with van der Waals surface area (Å²) in [5.41, 5.74) is 3.90. The van der Waals surface area contributed by atoms with Crippen LogP contribution in [0.15, 0.2) is 72.8 Å². The van der Waals surface area contributed by atoms with E-state index in [2.05, 4.69) is 0 Å². The van der Waals surface area contributed by atoms with Gasteiger partial charge in [0.2, 0.25) is 0 Å². The van der Waals surface area contributed by atoms with Crippen LogP contribution >= 0.6 is 0 Å². The van der Waals surface area contributed by atoms with E-state index < -0.39 is 0 Å². The highest BCUT2D eigenvalue weighted by atomic mass is 19.1. The van der Waals surface area contributed by atoms with Crippen molar-refractivity contribution in [2.24, 2.45) is 0 Å². The van der Waals surface area contributed by atoms with Crippen LogP contribution < -0.4 is 18.9 Å². The second-order valence-corrected chi connectivity index (χ2v) is 15.3. The van der Waals surface area contributed by atoms with Gasteiger partial charge in [-0.2, -0.15) is 0 Å². The van der Waals surface area contributed by atoms with Crippen LogP contribution in [0.5, 0.6) is 23.0 Å². The van der Waals surface area contributed by atoms with E-state index in [0.29, 0.717) is 0 Å². The van der Waals surface area contributed by atoms with Gasteiger partial charge in [0.15, 0.2) is 0 Å². The molecule has 0 N–H and O–H groups in total. The summed E-state index contributed by atoms with van der Waals surface area (Å²) in [6.45, 7) is 3.23. The predicted molar refractivity (Wildman–Crippen MR) is 196 cm³/mol. The maximum absolute atomic E-state index is 12.9. The highest BCUT2D eigenvalue weighted by Crippen LogP contribution is 2.36. The average molecular weight is 777 g/mol. The Morgan fingerprint density at radius 3 is 0.732 bits per heavy atom. The molecule has 0 saturated carbocycles. The van der Waals surface area contributed by atoms with Gasteiger partial charge in [0, 0.05) is 0 Å². The van der Waals surface area contributed by atoms with Gasteiger partial charge in [-0.3, -0.25) is 0 Å². The fourth-order valence-electron chi connectivity index (χ4n) is 7.64. The van der Waals surface area contributed by atoms with Crippen LogP contribution in [0, 0.1) is 23.3 Å². The second-order valence-electron chi connectivity index (χ2n) is 15.3. The Morgan fingerprint density at radius 2 is 0.536 bits per heavy atom. The molecule has 0 aliphatic carbocycles. The van der Waals surface area contributed by atoms with E-state index >= 15 is 0 Å². The van der Waals surface area contributed by atoms with Crippen LogP contribution in [0.25, 0.3) is 0 Å². The molecule has 0 spiro atoms. The van der Waals surface area contributed by atoms with E-state index in [9.17, 15) is 17.6 Å². The van der Waals surface area contributed by atoms with Gasteiger partial charge in [-0.25, -0.2) is 17.6 Å². The first-order valence-corrected chi connectivity index (χ1v) is 19.6. The van der Waals surface area contributed by atoms with Gasteiger partial charge in [-0.05, 0) is 146 Å². The van der Waals surface area contributed by atoms with E-state index in [1.54, 1.807) is 48.5 Å². The minimum atomic E-state index is -0.187. The Kier molecular flexibility index (Phi) is 10.8. The molecule has 4 aromatic carbocycles. The molecule has 4 aromatic rings. The molecular formula is C44H44F4O8. The summed E-state index contributed by atoms with van der Waals surface area (Å²) in [6, 6.07) is 18.8. The first kappa shape index (κ1) is 37.2. The fourth-order valence-corrected chi connectivity index (χ4v) is 7.64. The number of aryl methyl sites for hydroxylation is 4. The molecule has 0 bridgehead atoms. The molecular weight excluding hydrogens is 732 g/mol. The lowest BCUT2D eigenvalue weighted by Gasteiger charge is -2.24. The summed E-state index contributed by atoms with van der Waals surface area (Å²) in [7, 11) is 0. The van der Waals surface area contributed by atoms with Crippen LogP contribution in [-0.4, -0.2) is 75.3 Å². The SMILES string of the molecule is Fc1ccc2c(c1)CC[C@@H]([C@@H]1CO1)O2.Fc1ccc2c(c1)CC[C@@H]([C@H]1CO1)O2.Fc1ccc2c(c1)CC[C@H]([C@@H]1CO1)O2.Fc1ccc2c(c1)CC[C@H]([C@H]1CO1)O2. The summed E-state index contributed by atoms with van der Waals surface area (Å²) < 4.78 is 95.2. The number of fused-ring (bicyclic) bond motifs is 4. The third-order valence-corrected chi connectivity index (χ3v) is 11.1. The van der Waals surface area contributed by atoms with Crippen LogP contribution in [0.3, 0.4) is 0 Å². The van der Waals surface area contributed by atoms with Crippen molar-refractivity contribution in [3.05, 3.63) is 118 Å². The molecule has 4 fully saturated rings. The average Bonchev–Trinajstić information content (AvgIpc) is 4.02. The smallest absolute Gasteiger partial charge is 0.127 e. The van der Waals surface area contributed by atoms with Gasteiger partial charge in [-0.1, -0.05) is 0 Å². The normalized spacial score (nSPS) is 29.2. The fraction of sp³-hybridized carbons (Fsp3) is 0.455. The molecule has 296 valence electrons. The first-order valence-electron chi connectivity index (χ1n) is 19.6. The van der Waals surface area contributed by atoms with Gasteiger partial charge >= 0.3 is 0 Å². The maximum Gasteiger partial charge on any atom is 0.127 e. The van der Waals surface area contributed by atoms with E-state index in [-0.39, 0.29) is 72.1 Å². The molecule has 8 heterocycles. The molecule has 56 heavy (non-hydrogen) atoms. The number of hydrogen-bond acceptors (Lipinski definition) is 8. The Labute approximate surface area is 322 Å². The molecule has 8 atom stereocenters. The van der Waals surface area contributed by atoms with Gasteiger partial charge < -0.3 is 37.9 Å². The molecule has 8 aliphatic heterocycles. The van der Waals surface area contributed by atoms with Gasteiger partial charge in [0.25, 0.3) is 0 Å². The lowest BCUT2D eigenvalue weighted by atomic mass is 10.0. The quantitative estimate of drug-likeness (QED) is 0.154. The zero-order valence-electron chi connectivity index (χ0n) is 30.8. The van der Waals surface area contributed by atoms with Crippen molar-refractivity contribution in [3.63, 3.8) is 0 Å². The number of benzene rings is 4. The Balaban J connectivity index is 0.0000000975. The lowest BCUT2D eigenvalue weighted by molar-refractivity contribution is 0.136. The van der Waals surface area contributed by atoms with Crippen molar-refractivity contribution >= 4 is 0 Å². The van der Waals surface area contributed by atoms with Crippen molar-refractivity contribution in [2.45, 2.75) is 100 Å². The number of epoxide rings is 4. The molecule has 4 saturated heterocycles. The van der Waals surface area contributed by atoms with E-state index in [4.69, 9.17) is 37.9 Å². The Morgan fingerprint density at radius 1 is 0.321 bits per heavy atom. The summed E-state index contributed by atoms with van der Waals surface area (Å²) in [5.74, 6) is 2.52. The lowest BCUT2D eigenvalue weighted by Crippen LogP contribution is -2.27. The zero-order valence-corrected chi connectivity index (χ0v) is 30.8. The number of rotatable bonds is 4. The van der Waals surface area contributed by atoms with Crippen LogP contribution in [0.1, 0.15) is 47.9 Å². The monoisotopic (exact) mass is 776 g/mol. The van der Waals surface area contributed by atoms with E-state index in [0.717, 1.165) is 123 Å². The molecule has 0 amide bonds. The second kappa shape index (κ2) is 16.2. The topological polar surface area (TPSA) is 87.0 Å². The molecule has 0 unspecified atom stereocenters. The first-order chi connectivity index (χ1) is 27.3. The van der Waals surface area contributed by atoms with Gasteiger partial charge in [0.05, 0.1) is 26.4 Å². The van der Waals surface area contributed by atoms with Gasteiger partial charge in [0.1, 0.15) is 95.1 Å². The Bertz CT molecular complexity index is 1730. The maximum atomic E-state index is 12.9. The Hall–Kier alpha value is -4.36. The van der Waals surface area contributed by atoms with Crippen molar-refractivity contribution < 1.29 is 55.5 Å². The molecule has 12 heteroatoms. The van der Waals surface area contributed by atoms with E-state index in [1.807, 2.05) is 0 Å². The minimum absolute atomic E-state index is 0.174. The standard InChI is InChI=1S/4C11H11FO2/c4*12-8-2-4-9-7(5-8)1-3-10(14-9)11-6-13-11/h4*2,4-5,10-11H,1,3,6H2/t2*10-,11+;2*10-,11-/m1010/s1. The molecule has 8 aliphatic rings. The van der Waals surface area contributed by atoms with Gasteiger partial charge in [-0.15, -0.1) is 0 Å². The van der Waals surface area contributed by atoms with E-state index in [1.165, 1.54) is 24.3 Å². The molecule has 0 aromatic heterocycles. The van der Waals surface area contributed by atoms with Crippen molar-refractivity contribution in [2.75, 3.05) is 26.4 Å². The number of ether oxygens (including phenoxy) is 8. The summed E-state index contributed by atoms with van der Waals surface area (Å²) in [5, 5.41) is 0. The zero-order chi connectivity index (χ0) is 38.2. The van der Waals surface area contributed by atoms with Crippen LogP contribution in [0.2, 0.25) is 0 Å². The number of hydrogen-bond donors (Lipinski definition) is 0. The summed E-state index contributed by atoms with van der Waals surface area (Å²) in [6.07, 6.45) is 9.05. The highest BCUT2D eigenvalue weighted by Gasteiger charge is 2.39. The van der Waals surface area contributed by atoms with Crippen molar-refractivity contribution in [1.82, 2.24) is 0 Å². The predicted octanol–water partition coefficient (Wildman–Crippen LogP) is 7.67. The summed E-state index contributed by atoms with van der Waals surface area (Å²) in [4.78, 5) is 0. The largest absolute Gasteiger partial charge is 0.487 e. The van der Waals surface area contributed by atoms with Crippen molar-refractivity contribution in [3.8, 4) is 23.0 Å².